The number of allylic oxidation sites excluding steroid dienone is 1. The van der Waals surface area contributed by atoms with Crippen molar-refractivity contribution < 1.29 is 9.88 Å². The van der Waals surface area contributed by atoms with Crippen LogP contribution < -0.4 is 0 Å². The third-order valence-electron chi connectivity index (χ3n) is 1.41. The summed E-state index contributed by atoms with van der Waals surface area (Å²) >= 11 is 0. The molecule has 0 saturated carbocycles. The lowest BCUT2D eigenvalue weighted by molar-refractivity contribution is -0.257. The molecule has 0 aliphatic carbocycles. The molecule has 0 saturated heterocycles. The summed E-state index contributed by atoms with van der Waals surface area (Å²) in [5.41, 5.74) is 0. The fourth-order valence-electron chi connectivity index (χ4n) is 0.837. The zero-order chi connectivity index (χ0) is 7.78. The smallest absolute Gasteiger partial charge is 0.141 e. The zero-order valence-corrected chi connectivity index (χ0v) is 6.40. The van der Waals surface area contributed by atoms with Crippen LogP contribution in [-0.4, -0.2) is 6.54 Å². The SMILES string of the molecule is C1=C\OO/N=N\CCCCC/1. The van der Waals surface area contributed by atoms with E-state index in [1.54, 1.807) is 0 Å². The van der Waals surface area contributed by atoms with Crippen LogP contribution in [0, 0.1) is 0 Å². The first-order valence-corrected chi connectivity index (χ1v) is 3.84. The molecule has 1 heterocycles. The molecule has 1 aliphatic rings. The molecule has 0 bridgehead atoms. The van der Waals surface area contributed by atoms with Crippen LogP contribution in [0.25, 0.3) is 0 Å². The first kappa shape index (κ1) is 8.04. The van der Waals surface area contributed by atoms with Crippen LogP contribution in [0.4, 0.5) is 0 Å². The topological polar surface area (TPSA) is 43.2 Å². The Labute approximate surface area is 65.8 Å². The van der Waals surface area contributed by atoms with E-state index in [0.717, 1.165) is 19.4 Å². The summed E-state index contributed by atoms with van der Waals surface area (Å²) in [6, 6.07) is 0. The molecule has 0 spiro atoms. The molecule has 0 aromatic rings. The monoisotopic (exact) mass is 156 g/mol. The van der Waals surface area contributed by atoms with Crippen molar-refractivity contribution in [3.05, 3.63) is 12.3 Å². The third-order valence-corrected chi connectivity index (χ3v) is 1.41. The van der Waals surface area contributed by atoms with Crippen molar-refractivity contribution in [1.29, 1.82) is 0 Å². The van der Waals surface area contributed by atoms with E-state index in [-0.39, 0.29) is 0 Å². The van der Waals surface area contributed by atoms with Crippen molar-refractivity contribution in [2.75, 3.05) is 6.54 Å². The van der Waals surface area contributed by atoms with Crippen molar-refractivity contribution in [1.82, 2.24) is 0 Å². The number of hydrogen-bond acceptors (Lipinski definition) is 4. The van der Waals surface area contributed by atoms with Gasteiger partial charge in [0.25, 0.3) is 0 Å². The van der Waals surface area contributed by atoms with Crippen molar-refractivity contribution in [3.8, 4) is 0 Å². The Morgan fingerprint density at radius 1 is 1.18 bits per heavy atom. The largest absolute Gasteiger partial charge is 0.274 e. The number of nitrogens with zero attached hydrogens (tertiary/aromatic N) is 2. The third kappa shape index (κ3) is 4.36. The highest BCUT2D eigenvalue weighted by Gasteiger charge is 1.88. The van der Waals surface area contributed by atoms with E-state index in [1.165, 1.54) is 19.1 Å². The summed E-state index contributed by atoms with van der Waals surface area (Å²) in [6.07, 6.45) is 7.87. The Morgan fingerprint density at radius 2 is 2.18 bits per heavy atom. The molecule has 0 fully saturated rings. The molecule has 1 aliphatic heterocycles. The second-order valence-electron chi connectivity index (χ2n) is 2.34. The standard InChI is InChI=1S/C7H12N2O2/c1-2-4-6-8-9-11-10-7-5-3-1/h5,7H,1-4,6H2/b7-5-,9-8-. The molecule has 1 rings (SSSR count). The Kier molecular flexibility index (Phi) is 4.17. The van der Waals surface area contributed by atoms with Gasteiger partial charge >= 0.3 is 0 Å². The second kappa shape index (κ2) is 5.70. The van der Waals surface area contributed by atoms with Crippen LogP contribution in [0.5, 0.6) is 0 Å². The minimum absolute atomic E-state index is 0.726. The van der Waals surface area contributed by atoms with Gasteiger partial charge in [0.2, 0.25) is 0 Å². The van der Waals surface area contributed by atoms with Gasteiger partial charge in [0.15, 0.2) is 0 Å². The Balaban J connectivity index is 2.22. The van der Waals surface area contributed by atoms with E-state index in [2.05, 4.69) is 20.3 Å². The molecule has 0 atom stereocenters. The molecule has 0 amide bonds. The van der Waals surface area contributed by atoms with Crippen LogP contribution in [0.2, 0.25) is 0 Å². The normalized spacial score (nSPS) is 25.5. The average Bonchev–Trinajstić information content (AvgIpc) is 2.08. The predicted molar refractivity (Wildman–Crippen MR) is 39.5 cm³/mol. The summed E-state index contributed by atoms with van der Waals surface area (Å²) in [7, 11) is 0. The van der Waals surface area contributed by atoms with Gasteiger partial charge in [0.1, 0.15) is 6.26 Å². The highest BCUT2D eigenvalue weighted by atomic mass is 17.3. The van der Waals surface area contributed by atoms with Gasteiger partial charge in [-0.3, -0.25) is 4.89 Å². The van der Waals surface area contributed by atoms with Gasteiger partial charge in [0.05, 0.1) is 11.8 Å². The highest BCUT2D eigenvalue weighted by Crippen LogP contribution is 2.02. The molecule has 0 aromatic carbocycles. The lowest BCUT2D eigenvalue weighted by Gasteiger charge is -1.91. The fraction of sp³-hybridized carbons (Fsp3) is 0.714. The molecule has 4 nitrogen and oxygen atoms in total. The quantitative estimate of drug-likeness (QED) is 0.505. The molecule has 0 aromatic heterocycles. The summed E-state index contributed by atoms with van der Waals surface area (Å²) in [5, 5.41) is 7.04. The molecule has 0 unspecified atom stereocenters. The van der Waals surface area contributed by atoms with E-state index < -0.39 is 0 Å². The van der Waals surface area contributed by atoms with E-state index in [1.807, 2.05) is 6.08 Å². The van der Waals surface area contributed by atoms with Crippen molar-refractivity contribution in [2.24, 2.45) is 10.4 Å². The molecule has 0 N–H and O–H groups in total. The number of rotatable bonds is 0. The predicted octanol–water partition coefficient (Wildman–Crippen LogP) is 2.39. The maximum atomic E-state index is 4.52. The van der Waals surface area contributed by atoms with Gasteiger partial charge in [-0.15, -0.1) is 10.1 Å². The van der Waals surface area contributed by atoms with Crippen LogP contribution in [0.3, 0.4) is 0 Å². The number of hydrogen-bond donors (Lipinski definition) is 0. The zero-order valence-electron chi connectivity index (χ0n) is 6.40. The molecule has 4 heteroatoms. The van der Waals surface area contributed by atoms with Crippen molar-refractivity contribution >= 4 is 0 Å². The lowest BCUT2D eigenvalue weighted by Crippen LogP contribution is -1.80. The van der Waals surface area contributed by atoms with E-state index in [4.69, 9.17) is 0 Å². The van der Waals surface area contributed by atoms with Crippen molar-refractivity contribution in [3.63, 3.8) is 0 Å². The Hall–Kier alpha value is -1.06. The van der Waals surface area contributed by atoms with Crippen LogP contribution in [0.1, 0.15) is 25.7 Å². The van der Waals surface area contributed by atoms with Gasteiger partial charge in [0, 0.05) is 0 Å². The van der Waals surface area contributed by atoms with E-state index in [9.17, 15) is 0 Å². The highest BCUT2D eigenvalue weighted by molar-refractivity contribution is 4.71. The second-order valence-corrected chi connectivity index (χ2v) is 2.34. The maximum absolute atomic E-state index is 4.52. The van der Waals surface area contributed by atoms with E-state index in [0.29, 0.717) is 0 Å². The van der Waals surface area contributed by atoms with E-state index >= 15 is 0 Å². The summed E-state index contributed by atoms with van der Waals surface area (Å²) in [4.78, 5) is 8.86. The van der Waals surface area contributed by atoms with Crippen LogP contribution in [-0.2, 0) is 9.88 Å². The first-order valence-electron chi connectivity index (χ1n) is 3.84. The minimum Gasteiger partial charge on any atom is -0.274 e. The van der Waals surface area contributed by atoms with Gasteiger partial charge in [-0.2, -0.15) is 0 Å². The minimum atomic E-state index is 0.726. The molecule has 0 radical (unpaired) electrons. The lowest BCUT2D eigenvalue weighted by atomic mass is 10.2. The maximum Gasteiger partial charge on any atom is 0.141 e. The molecule has 11 heavy (non-hydrogen) atoms. The summed E-state index contributed by atoms with van der Waals surface area (Å²) in [6.45, 7) is 0.726. The first-order chi connectivity index (χ1) is 5.50. The fourth-order valence-corrected chi connectivity index (χ4v) is 0.837. The molecular weight excluding hydrogens is 144 g/mol. The van der Waals surface area contributed by atoms with Crippen molar-refractivity contribution in [2.45, 2.75) is 25.7 Å². The summed E-state index contributed by atoms with van der Waals surface area (Å²) in [5.74, 6) is 0. The summed E-state index contributed by atoms with van der Waals surface area (Å²) < 4.78 is 0. The molecular formula is C7H12N2O2. The van der Waals surface area contributed by atoms with Gasteiger partial charge < -0.3 is 0 Å². The van der Waals surface area contributed by atoms with Gasteiger partial charge in [-0.1, -0.05) is 6.42 Å². The average molecular weight is 156 g/mol. The Bertz CT molecular complexity index is 129. The Morgan fingerprint density at radius 3 is 3.18 bits per heavy atom. The van der Waals surface area contributed by atoms with Crippen LogP contribution >= 0.6 is 0 Å². The molecule has 62 valence electrons. The van der Waals surface area contributed by atoms with Gasteiger partial charge in [-0.25, -0.2) is 0 Å². The van der Waals surface area contributed by atoms with Gasteiger partial charge in [-0.05, 0) is 25.3 Å². The van der Waals surface area contributed by atoms with Crippen LogP contribution in [0.15, 0.2) is 22.7 Å².